The molecule has 4 nitrogen and oxygen atoms in total. The summed E-state index contributed by atoms with van der Waals surface area (Å²) in [5.41, 5.74) is 1.59. The van der Waals surface area contributed by atoms with E-state index >= 15 is 0 Å². The van der Waals surface area contributed by atoms with E-state index in [0.29, 0.717) is 18.7 Å². The Labute approximate surface area is 115 Å². The van der Waals surface area contributed by atoms with Crippen molar-refractivity contribution < 1.29 is 13.2 Å². The van der Waals surface area contributed by atoms with E-state index in [-0.39, 0.29) is 15.6 Å². The summed E-state index contributed by atoms with van der Waals surface area (Å²) in [6.45, 7) is 2.45. The topological polar surface area (TPSA) is 54.5 Å². The molecule has 1 unspecified atom stereocenters. The van der Waals surface area contributed by atoms with Gasteiger partial charge in [-0.3, -0.25) is 4.79 Å². The van der Waals surface area contributed by atoms with Gasteiger partial charge in [-0.1, -0.05) is 22.0 Å². The van der Waals surface area contributed by atoms with E-state index in [4.69, 9.17) is 0 Å². The molecule has 1 heterocycles. The Morgan fingerprint density at radius 2 is 2.06 bits per heavy atom. The van der Waals surface area contributed by atoms with Gasteiger partial charge in [0.2, 0.25) is 5.91 Å². The van der Waals surface area contributed by atoms with Gasteiger partial charge in [-0.05, 0) is 24.6 Å². The fraction of sp³-hybridized carbons (Fsp3) is 0.417. The van der Waals surface area contributed by atoms with E-state index in [9.17, 15) is 13.2 Å². The standard InChI is InChI=1S/C12H14BrNO3S/c1-8-3-4-10(18(2,16)17)6-11(8)14-7-9(13)5-12(14)15/h3-4,6,9H,5,7H2,1-2H3. The van der Waals surface area contributed by atoms with Crippen molar-refractivity contribution >= 4 is 37.4 Å². The average molecular weight is 332 g/mol. The molecule has 6 heteroatoms. The quantitative estimate of drug-likeness (QED) is 0.778. The second-order valence-corrected chi connectivity index (χ2v) is 7.84. The minimum absolute atomic E-state index is 0.0191. The molecule has 1 amide bonds. The van der Waals surface area contributed by atoms with Crippen LogP contribution in [0.3, 0.4) is 0 Å². The monoisotopic (exact) mass is 331 g/mol. The van der Waals surface area contributed by atoms with E-state index in [1.54, 1.807) is 23.1 Å². The van der Waals surface area contributed by atoms with Crippen molar-refractivity contribution in [3.05, 3.63) is 23.8 Å². The molecule has 18 heavy (non-hydrogen) atoms. The van der Waals surface area contributed by atoms with Gasteiger partial charge in [-0.25, -0.2) is 8.42 Å². The number of sulfone groups is 1. The van der Waals surface area contributed by atoms with Gasteiger partial charge in [-0.15, -0.1) is 0 Å². The summed E-state index contributed by atoms with van der Waals surface area (Å²) in [6, 6.07) is 4.88. The number of anilines is 1. The molecule has 0 bridgehead atoms. The molecular formula is C12H14BrNO3S. The second-order valence-electron chi connectivity index (χ2n) is 4.53. The lowest BCUT2D eigenvalue weighted by atomic mass is 10.2. The van der Waals surface area contributed by atoms with Crippen molar-refractivity contribution in [2.45, 2.75) is 23.1 Å². The molecule has 1 aliphatic rings. The van der Waals surface area contributed by atoms with Crippen molar-refractivity contribution in [1.82, 2.24) is 0 Å². The highest BCUT2D eigenvalue weighted by atomic mass is 79.9. The number of hydrogen-bond donors (Lipinski definition) is 0. The van der Waals surface area contributed by atoms with Crippen LogP contribution in [0.25, 0.3) is 0 Å². The summed E-state index contributed by atoms with van der Waals surface area (Å²) < 4.78 is 23.1. The van der Waals surface area contributed by atoms with Gasteiger partial charge in [0.1, 0.15) is 0 Å². The molecular weight excluding hydrogens is 318 g/mol. The van der Waals surface area contributed by atoms with E-state index in [1.807, 2.05) is 6.92 Å². The normalized spacial score (nSPS) is 20.5. The van der Waals surface area contributed by atoms with Crippen molar-refractivity contribution in [3.63, 3.8) is 0 Å². The van der Waals surface area contributed by atoms with E-state index in [0.717, 1.165) is 5.56 Å². The van der Waals surface area contributed by atoms with E-state index in [2.05, 4.69) is 15.9 Å². The Hall–Kier alpha value is -0.880. The first-order valence-electron chi connectivity index (χ1n) is 5.54. The molecule has 0 aliphatic carbocycles. The predicted molar refractivity (Wildman–Crippen MR) is 74.0 cm³/mol. The maximum absolute atomic E-state index is 11.8. The first-order chi connectivity index (χ1) is 8.29. The summed E-state index contributed by atoms with van der Waals surface area (Å²) in [5.74, 6) is 0.0191. The minimum atomic E-state index is -3.25. The Bertz CT molecular complexity index is 597. The molecule has 1 aromatic carbocycles. The fourth-order valence-electron chi connectivity index (χ4n) is 2.01. The Kier molecular flexibility index (Phi) is 3.51. The maximum atomic E-state index is 11.8. The van der Waals surface area contributed by atoms with Crippen LogP contribution < -0.4 is 4.90 Å². The van der Waals surface area contributed by atoms with Crippen LogP contribution in [0.2, 0.25) is 0 Å². The summed E-state index contributed by atoms with van der Waals surface area (Å²) in [4.78, 5) is 13.9. The molecule has 1 aromatic rings. The highest BCUT2D eigenvalue weighted by molar-refractivity contribution is 9.09. The van der Waals surface area contributed by atoms with Crippen LogP contribution in [0.1, 0.15) is 12.0 Å². The molecule has 0 N–H and O–H groups in total. The maximum Gasteiger partial charge on any atom is 0.228 e. The number of hydrogen-bond acceptors (Lipinski definition) is 3. The van der Waals surface area contributed by atoms with Crippen LogP contribution in [-0.2, 0) is 14.6 Å². The number of carbonyl (C=O) groups is 1. The summed E-state index contributed by atoms with van der Waals surface area (Å²) in [5, 5.41) is 0. The molecule has 98 valence electrons. The van der Waals surface area contributed by atoms with Gasteiger partial charge in [-0.2, -0.15) is 0 Å². The highest BCUT2D eigenvalue weighted by Gasteiger charge is 2.30. The number of rotatable bonds is 2. The van der Waals surface area contributed by atoms with Gasteiger partial charge < -0.3 is 4.90 Å². The lowest BCUT2D eigenvalue weighted by molar-refractivity contribution is -0.117. The lowest BCUT2D eigenvalue weighted by Gasteiger charge is -2.19. The molecule has 1 aliphatic heterocycles. The number of halogens is 1. The number of nitrogens with zero attached hydrogens (tertiary/aromatic N) is 1. The number of benzene rings is 1. The van der Waals surface area contributed by atoms with E-state index < -0.39 is 9.84 Å². The Morgan fingerprint density at radius 1 is 1.39 bits per heavy atom. The third kappa shape index (κ3) is 2.59. The van der Waals surface area contributed by atoms with Gasteiger partial charge in [0, 0.05) is 29.7 Å². The molecule has 1 atom stereocenters. The second kappa shape index (κ2) is 4.66. The third-order valence-electron chi connectivity index (χ3n) is 2.98. The molecule has 0 spiro atoms. The zero-order valence-corrected chi connectivity index (χ0v) is 12.6. The van der Waals surface area contributed by atoms with Crippen molar-refractivity contribution in [1.29, 1.82) is 0 Å². The molecule has 0 saturated carbocycles. The largest absolute Gasteiger partial charge is 0.311 e. The van der Waals surface area contributed by atoms with Gasteiger partial charge >= 0.3 is 0 Å². The number of aryl methyl sites for hydroxylation is 1. The van der Waals surface area contributed by atoms with Crippen LogP contribution in [0.4, 0.5) is 5.69 Å². The van der Waals surface area contributed by atoms with Crippen LogP contribution in [0.5, 0.6) is 0 Å². The van der Waals surface area contributed by atoms with Crippen LogP contribution in [0.15, 0.2) is 23.1 Å². The molecule has 1 saturated heterocycles. The molecule has 2 rings (SSSR count). The SMILES string of the molecule is Cc1ccc(S(C)(=O)=O)cc1N1CC(Br)CC1=O. The zero-order chi connectivity index (χ0) is 13.5. The summed E-state index contributed by atoms with van der Waals surface area (Å²) >= 11 is 3.42. The van der Waals surface area contributed by atoms with Crippen LogP contribution in [-0.4, -0.2) is 32.0 Å². The highest BCUT2D eigenvalue weighted by Crippen LogP contribution is 2.29. The van der Waals surface area contributed by atoms with Crippen molar-refractivity contribution in [2.75, 3.05) is 17.7 Å². The van der Waals surface area contributed by atoms with Crippen molar-refractivity contribution in [2.24, 2.45) is 0 Å². The van der Waals surface area contributed by atoms with Gasteiger partial charge in [0.25, 0.3) is 0 Å². The number of amides is 1. The van der Waals surface area contributed by atoms with Crippen molar-refractivity contribution in [3.8, 4) is 0 Å². The van der Waals surface area contributed by atoms with E-state index in [1.165, 1.54) is 6.26 Å². The Balaban J connectivity index is 2.48. The van der Waals surface area contributed by atoms with Gasteiger partial charge in [0.05, 0.1) is 4.90 Å². The van der Waals surface area contributed by atoms with Gasteiger partial charge in [0.15, 0.2) is 9.84 Å². The lowest BCUT2D eigenvalue weighted by Crippen LogP contribution is -2.25. The Morgan fingerprint density at radius 3 is 2.56 bits per heavy atom. The molecule has 1 fully saturated rings. The molecule has 0 aromatic heterocycles. The zero-order valence-electron chi connectivity index (χ0n) is 10.2. The third-order valence-corrected chi connectivity index (χ3v) is 4.70. The first-order valence-corrected chi connectivity index (χ1v) is 8.35. The first kappa shape index (κ1) is 13.5. The number of carbonyl (C=O) groups excluding carboxylic acids is 1. The smallest absolute Gasteiger partial charge is 0.228 e. The van der Waals surface area contributed by atoms with Crippen LogP contribution >= 0.6 is 15.9 Å². The summed E-state index contributed by atoms with van der Waals surface area (Å²) in [6.07, 6.45) is 1.61. The average Bonchev–Trinajstić information content (AvgIpc) is 2.56. The molecule has 0 radical (unpaired) electrons. The minimum Gasteiger partial charge on any atom is -0.311 e. The predicted octanol–water partition coefficient (Wildman–Crippen LogP) is 1.90. The summed E-state index contributed by atoms with van der Waals surface area (Å²) in [7, 11) is -3.25. The fourth-order valence-corrected chi connectivity index (χ4v) is 3.21. The number of alkyl halides is 1. The van der Waals surface area contributed by atoms with Crippen LogP contribution in [0, 0.1) is 6.92 Å².